The molecule has 0 saturated heterocycles. The molecule has 1 saturated carbocycles. The van der Waals surface area contributed by atoms with Gasteiger partial charge in [0, 0.05) is 16.9 Å². The number of hydrogen-bond donors (Lipinski definition) is 1. The van der Waals surface area contributed by atoms with Crippen LogP contribution >= 0.6 is 0 Å². The van der Waals surface area contributed by atoms with Crippen molar-refractivity contribution in [2.45, 2.75) is 45.4 Å². The number of nitrogens with zero attached hydrogens (tertiary/aromatic N) is 1. The van der Waals surface area contributed by atoms with Crippen LogP contribution in [0.5, 0.6) is 11.5 Å². The van der Waals surface area contributed by atoms with Crippen molar-refractivity contribution in [3.63, 3.8) is 0 Å². The number of ether oxygens (including phenoxy) is 2. The predicted molar refractivity (Wildman–Crippen MR) is 105 cm³/mol. The summed E-state index contributed by atoms with van der Waals surface area (Å²) < 4.78 is 11.9. The van der Waals surface area contributed by atoms with E-state index in [1.54, 1.807) is 0 Å². The van der Waals surface area contributed by atoms with E-state index in [1.807, 2.05) is 18.3 Å². The van der Waals surface area contributed by atoms with E-state index in [0.717, 1.165) is 74.1 Å². The summed E-state index contributed by atoms with van der Waals surface area (Å²) in [6, 6.07) is 6.12. The van der Waals surface area contributed by atoms with Crippen LogP contribution in [0, 0.1) is 17.8 Å². The largest absolute Gasteiger partial charge is 0.494 e. The minimum atomic E-state index is -0.143. The Morgan fingerprint density at radius 3 is 2.81 bits per heavy atom. The van der Waals surface area contributed by atoms with E-state index in [4.69, 9.17) is 15.2 Å². The molecule has 1 unspecified atom stereocenters. The van der Waals surface area contributed by atoms with Crippen LogP contribution in [0.1, 0.15) is 44.6 Å². The highest BCUT2D eigenvalue weighted by Crippen LogP contribution is 2.40. The van der Waals surface area contributed by atoms with E-state index in [9.17, 15) is 4.79 Å². The van der Waals surface area contributed by atoms with Gasteiger partial charge in [-0.05, 0) is 68.6 Å². The molecule has 2 heterocycles. The number of nitrogens with two attached hydrogens (primary N) is 1. The molecule has 2 aromatic rings. The second-order valence-corrected chi connectivity index (χ2v) is 7.92. The van der Waals surface area contributed by atoms with Gasteiger partial charge in [0.15, 0.2) is 0 Å². The average molecular weight is 368 g/mol. The first-order valence-corrected chi connectivity index (χ1v) is 10.1. The van der Waals surface area contributed by atoms with Crippen molar-refractivity contribution in [1.29, 1.82) is 0 Å². The number of hydrogen-bond acceptors (Lipinski definition) is 4. The van der Waals surface area contributed by atoms with E-state index in [0.29, 0.717) is 11.8 Å². The van der Waals surface area contributed by atoms with Gasteiger partial charge < -0.3 is 15.2 Å². The Morgan fingerprint density at radius 1 is 1.26 bits per heavy atom. The van der Waals surface area contributed by atoms with Gasteiger partial charge in [-0.3, -0.25) is 9.78 Å². The number of carbonyl (C=O) groups excluding carboxylic acids is 1. The molecule has 1 aromatic heterocycles. The van der Waals surface area contributed by atoms with E-state index < -0.39 is 0 Å². The normalized spacial score (nSPS) is 24.9. The number of carbonyl (C=O) groups is 1. The number of amides is 1. The average Bonchev–Trinajstić information content (AvgIpc) is 2.71. The van der Waals surface area contributed by atoms with Crippen LogP contribution in [0.3, 0.4) is 0 Å². The Morgan fingerprint density at radius 2 is 2.07 bits per heavy atom. The van der Waals surface area contributed by atoms with Gasteiger partial charge in [0.2, 0.25) is 5.91 Å². The summed E-state index contributed by atoms with van der Waals surface area (Å²) in [5, 5.41) is 1.14. The molecule has 1 aliphatic heterocycles. The molecule has 2 aliphatic rings. The van der Waals surface area contributed by atoms with Crippen molar-refractivity contribution in [3.05, 3.63) is 30.0 Å². The third kappa shape index (κ3) is 3.73. The zero-order chi connectivity index (χ0) is 18.8. The Hall–Kier alpha value is -2.30. The molecule has 0 spiro atoms. The number of fused-ring (bicyclic) bond motifs is 3. The highest BCUT2D eigenvalue weighted by Gasteiger charge is 2.33. The molecular weight excluding hydrogens is 340 g/mol. The number of benzene rings is 1. The monoisotopic (exact) mass is 368 g/mol. The first-order valence-electron chi connectivity index (χ1n) is 10.1. The fourth-order valence-corrected chi connectivity index (χ4v) is 4.55. The van der Waals surface area contributed by atoms with E-state index in [-0.39, 0.29) is 11.8 Å². The molecule has 0 radical (unpaired) electrons. The molecule has 1 aromatic carbocycles. The SMILES string of the molecule is CCCOc1ccc2ncc3c(c2c1)CC(C1CCC(C(N)=O)CC1)CO3. The van der Waals surface area contributed by atoms with Gasteiger partial charge in [0.05, 0.1) is 24.9 Å². The second-order valence-electron chi connectivity index (χ2n) is 7.92. The highest BCUT2D eigenvalue weighted by molar-refractivity contribution is 5.85. The zero-order valence-electron chi connectivity index (χ0n) is 15.9. The summed E-state index contributed by atoms with van der Waals surface area (Å²) in [6.07, 6.45) is 7.78. The summed E-state index contributed by atoms with van der Waals surface area (Å²) in [5.74, 6) is 2.78. The van der Waals surface area contributed by atoms with Crippen molar-refractivity contribution in [3.8, 4) is 11.5 Å². The Balaban J connectivity index is 1.55. The third-order valence-electron chi connectivity index (χ3n) is 6.14. The lowest BCUT2D eigenvalue weighted by Gasteiger charge is -2.35. The number of pyridine rings is 1. The first kappa shape index (κ1) is 18.1. The number of rotatable bonds is 5. The lowest BCUT2D eigenvalue weighted by molar-refractivity contribution is -0.123. The summed E-state index contributed by atoms with van der Waals surface area (Å²) in [5.41, 5.74) is 7.71. The molecule has 1 fully saturated rings. The van der Waals surface area contributed by atoms with Gasteiger partial charge in [0.25, 0.3) is 0 Å². The van der Waals surface area contributed by atoms with Crippen LogP contribution in [-0.2, 0) is 11.2 Å². The van der Waals surface area contributed by atoms with Crippen molar-refractivity contribution >= 4 is 16.8 Å². The molecule has 1 atom stereocenters. The standard InChI is InChI=1S/C22H28N2O3/c1-2-9-26-17-7-8-20-18(11-17)19-10-16(13-27-21(19)12-24-20)14-3-5-15(6-4-14)22(23)25/h7-8,11-12,14-16H,2-6,9-10,13H2,1H3,(H2,23,25). The van der Waals surface area contributed by atoms with Crippen molar-refractivity contribution in [2.24, 2.45) is 23.5 Å². The van der Waals surface area contributed by atoms with Crippen molar-refractivity contribution in [2.75, 3.05) is 13.2 Å². The maximum atomic E-state index is 11.4. The van der Waals surface area contributed by atoms with Crippen molar-refractivity contribution < 1.29 is 14.3 Å². The van der Waals surface area contributed by atoms with Crippen LogP contribution in [0.4, 0.5) is 0 Å². The van der Waals surface area contributed by atoms with Gasteiger partial charge in [-0.1, -0.05) is 6.92 Å². The Kier molecular flexibility index (Phi) is 5.19. The maximum Gasteiger partial charge on any atom is 0.220 e. The quantitative estimate of drug-likeness (QED) is 0.869. The Labute approximate surface area is 160 Å². The fraction of sp³-hybridized carbons (Fsp3) is 0.545. The lowest BCUT2D eigenvalue weighted by Crippen LogP contribution is -2.34. The topological polar surface area (TPSA) is 74.4 Å². The molecule has 5 heteroatoms. The van der Waals surface area contributed by atoms with Crippen LogP contribution in [0.15, 0.2) is 24.4 Å². The predicted octanol–water partition coefficient (Wildman–Crippen LogP) is 3.87. The summed E-state index contributed by atoms with van der Waals surface area (Å²) in [6.45, 7) is 3.56. The summed E-state index contributed by atoms with van der Waals surface area (Å²) >= 11 is 0. The van der Waals surface area contributed by atoms with E-state index >= 15 is 0 Å². The molecule has 1 aliphatic carbocycles. The molecule has 1 amide bonds. The van der Waals surface area contributed by atoms with Crippen LogP contribution in [0.25, 0.3) is 10.9 Å². The molecular formula is C22H28N2O3. The second kappa shape index (κ2) is 7.75. The molecule has 27 heavy (non-hydrogen) atoms. The van der Waals surface area contributed by atoms with Gasteiger partial charge in [-0.15, -0.1) is 0 Å². The lowest BCUT2D eigenvalue weighted by atomic mass is 9.73. The smallest absolute Gasteiger partial charge is 0.220 e. The van der Waals surface area contributed by atoms with Gasteiger partial charge >= 0.3 is 0 Å². The Bertz CT molecular complexity index is 828. The zero-order valence-corrected chi connectivity index (χ0v) is 15.9. The van der Waals surface area contributed by atoms with Gasteiger partial charge in [-0.2, -0.15) is 0 Å². The minimum absolute atomic E-state index is 0.0568. The summed E-state index contributed by atoms with van der Waals surface area (Å²) in [7, 11) is 0. The molecule has 144 valence electrons. The number of primary amides is 1. The molecule has 4 rings (SSSR count). The fourth-order valence-electron chi connectivity index (χ4n) is 4.55. The highest BCUT2D eigenvalue weighted by atomic mass is 16.5. The van der Waals surface area contributed by atoms with Crippen LogP contribution in [0.2, 0.25) is 0 Å². The number of aromatic nitrogens is 1. The van der Waals surface area contributed by atoms with Gasteiger partial charge in [0.1, 0.15) is 11.5 Å². The van der Waals surface area contributed by atoms with Crippen LogP contribution in [-0.4, -0.2) is 24.1 Å². The van der Waals surface area contributed by atoms with E-state index in [2.05, 4.69) is 18.0 Å². The van der Waals surface area contributed by atoms with Crippen molar-refractivity contribution in [1.82, 2.24) is 4.98 Å². The molecule has 0 bridgehead atoms. The molecule has 2 N–H and O–H groups in total. The minimum Gasteiger partial charge on any atom is -0.494 e. The third-order valence-corrected chi connectivity index (χ3v) is 6.14. The summed E-state index contributed by atoms with van der Waals surface area (Å²) in [4.78, 5) is 16.0. The maximum absolute atomic E-state index is 11.4. The molecule has 5 nitrogen and oxygen atoms in total. The van der Waals surface area contributed by atoms with Gasteiger partial charge in [-0.25, -0.2) is 0 Å². The van der Waals surface area contributed by atoms with Crippen LogP contribution < -0.4 is 15.2 Å². The first-order chi connectivity index (χ1) is 13.2. The van der Waals surface area contributed by atoms with E-state index in [1.165, 1.54) is 5.56 Å².